The van der Waals surface area contributed by atoms with E-state index in [-0.39, 0.29) is 12.5 Å². The molecule has 1 aromatic heterocycles. The summed E-state index contributed by atoms with van der Waals surface area (Å²) < 4.78 is 12.4. The monoisotopic (exact) mass is 447 g/mol. The van der Waals surface area contributed by atoms with Crippen LogP contribution in [0.4, 0.5) is 5.69 Å². The van der Waals surface area contributed by atoms with Crippen LogP contribution in [0.1, 0.15) is 18.1 Å². The molecule has 3 aromatic rings. The molecule has 0 aliphatic carbocycles. The van der Waals surface area contributed by atoms with Crippen molar-refractivity contribution in [3.05, 3.63) is 63.8 Å². The predicted octanol–water partition coefficient (Wildman–Crippen LogP) is 3.24. The number of nitrogens with zero attached hydrogens (tertiary/aromatic N) is 4. The van der Waals surface area contributed by atoms with E-state index in [2.05, 4.69) is 16.4 Å². The summed E-state index contributed by atoms with van der Waals surface area (Å²) in [6.07, 6.45) is 0. The van der Waals surface area contributed by atoms with E-state index in [1.165, 1.54) is 11.3 Å². The van der Waals surface area contributed by atoms with Gasteiger partial charge in [-0.1, -0.05) is 12.1 Å². The molecule has 0 bridgehead atoms. The minimum absolute atomic E-state index is 0.0153. The first-order valence-corrected chi connectivity index (χ1v) is 10.8. The molecule has 0 spiro atoms. The number of amides is 1. The summed E-state index contributed by atoms with van der Waals surface area (Å²) in [7, 11) is 1.64. The minimum atomic E-state index is -0.183. The van der Waals surface area contributed by atoms with Crippen molar-refractivity contribution in [1.29, 1.82) is 5.26 Å². The summed E-state index contributed by atoms with van der Waals surface area (Å²) in [6, 6.07) is 15.0. The zero-order valence-electron chi connectivity index (χ0n) is 17.7. The van der Waals surface area contributed by atoms with Crippen LogP contribution in [0, 0.1) is 11.3 Å². The maximum Gasteiger partial charge on any atom is 0.262 e. The van der Waals surface area contributed by atoms with E-state index >= 15 is 0 Å². The third-order valence-corrected chi connectivity index (χ3v) is 5.67. The molecule has 1 aliphatic heterocycles. The zero-order chi connectivity index (χ0) is 22.5. The molecule has 4 rings (SSSR count). The smallest absolute Gasteiger partial charge is 0.262 e. The van der Waals surface area contributed by atoms with E-state index in [0.29, 0.717) is 30.2 Å². The average molecular weight is 448 g/mol. The molecule has 2 heterocycles. The van der Waals surface area contributed by atoms with Crippen molar-refractivity contribution in [3.63, 3.8) is 0 Å². The highest BCUT2D eigenvalue weighted by molar-refractivity contribution is 7.07. The normalized spacial score (nSPS) is 13.8. The number of thiazole rings is 1. The third-order valence-electron chi connectivity index (χ3n) is 4.82. The standard InChI is InChI=1S/C23H21N5O3S/c1-15(17-5-3-16(12-24)4-6-17)27-28-20(14-32-23(28)25-9-10-30-2)18-7-8-21-19(11-18)26-22(29)13-31-21/h3-8,11,14H,9-10,13H2,1-2H3,(H,26,29). The van der Waals surface area contributed by atoms with Crippen LogP contribution in [0.15, 0.2) is 57.9 Å². The van der Waals surface area contributed by atoms with Crippen LogP contribution in [-0.4, -0.2) is 43.2 Å². The molecule has 1 N–H and O–H groups in total. The maximum absolute atomic E-state index is 11.7. The Morgan fingerprint density at radius 3 is 2.88 bits per heavy atom. The summed E-state index contributed by atoms with van der Waals surface area (Å²) >= 11 is 1.47. The fourth-order valence-corrected chi connectivity index (χ4v) is 4.03. The van der Waals surface area contributed by atoms with Gasteiger partial charge in [-0.05, 0) is 42.8 Å². The second-order valence-corrected chi connectivity index (χ2v) is 7.85. The number of ether oxygens (including phenoxy) is 2. The van der Waals surface area contributed by atoms with Gasteiger partial charge in [-0.25, -0.2) is 4.68 Å². The lowest BCUT2D eigenvalue weighted by molar-refractivity contribution is -0.118. The van der Waals surface area contributed by atoms with Crippen molar-refractivity contribution in [3.8, 4) is 23.1 Å². The van der Waals surface area contributed by atoms with Crippen molar-refractivity contribution < 1.29 is 14.3 Å². The van der Waals surface area contributed by atoms with Gasteiger partial charge in [0.25, 0.3) is 5.91 Å². The number of hydrogen-bond acceptors (Lipinski definition) is 7. The molecular formula is C23H21N5O3S. The van der Waals surface area contributed by atoms with E-state index < -0.39 is 0 Å². The first-order valence-electron chi connectivity index (χ1n) is 9.92. The number of anilines is 1. The van der Waals surface area contributed by atoms with E-state index in [1.807, 2.05) is 42.6 Å². The summed E-state index contributed by atoms with van der Waals surface area (Å²) in [5, 5.41) is 18.7. The number of hydrogen-bond donors (Lipinski definition) is 1. The molecular weight excluding hydrogens is 426 g/mol. The fraction of sp³-hybridized carbons (Fsp3) is 0.217. The van der Waals surface area contributed by atoms with Crippen molar-refractivity contribution in [2.75, 3.05) is 32.2 Å². The third kappa shape index (κ3) is 4.61. The van der Waals surface area contributed by atoms with Crippen LogP contribution < -0.4 is 14.9 Å². The van der Waals surface area contributed by atoms with E-state index in [4.69, 9.17) is 19.8 Å². The van der Waals surface area contributed by atoms with Gasteiger partial charge in [-0.2, -0.15) is 10.4 Å². The molecule has 0 fully saturated rings. The number of benzene rings is 2. The van der Waals surface area contributed by atoms with Gasteiger partial charge in [0.1, 0.15) is 5.75 Å². The number of methoxy groups -OCH3 is 1. The maximum atomic E-state index is 11.7. The van der Waals surface area contributed by atoms with Gasteiger partial charge in [0.2, 0.25) is 4.80 Å². The Bertz CT molecular complexity index is 1280. The van der Waals surface area contributed by atoms with E-state index in [0.717, 1.165) is 27.3 Å². The average Bonchev–Trinajstić information content (AvgIpc) is 3.21. The number of nitrogens with one attached hydrogen (secondary N) is 1. The van der Waals surface area contributed by atoms with Crippen molar-refractivity contribution in [2.45, 2.75) is 6.92 Å². The van der Waals surface area contributed by atoms with Gasteiger partial charge in [-0.3, -0.25) is 9.79 Å². The molecule has 1 amide bonds. The number of carbonyl (C=O) groups excluding carboxylic acids is 1. The summed E-state index contributed by atoms with van der Waals surface area (Å²) in [6.45, 7) is 2.95. The quantitative estimate of drug-likeness (QED) is 0.463. The van der Waals surface area contributed by atoms with Gasteiger partial charge in [0.15, 0.2) is 6.61 Å². The van der Waals surface area contributed by atoms with Gasteiger partial charge in [0.05, 0.1) is 41.9 Å². The largest absolute Gasteiger partial charge is 0.482 e. The predicted molar refractivity (Wildman–Crippen MR) is 123 cm³/mol. The van der Waals surface area contributed by atoms with Gasteiger partial charge in [0, 0.05) is 18.1 Å². The second-order valence-electron chi connectivity index (χ2n) is 7.01. The summed E-state index contributed by atoms with van der Waals surface area (Å²) in [4.78, 5) is 17.1. The Kier molecular flexibility index (Phi) is 6.44. The summed E-state index contributed by atoms with van der Waals surface area (Å²) in [5.41, 5.74) is 4.61. The lowest BCUT2D eigenvalue weighted by Gasteiger charge is -2.18. The van der Waals surface area contributed by atoms with Crippen molar-refractivity contribution in [1.82, 2.24) is 4.68 Å². The van der Waals surface area contributed by atoms with E-state index in [9.17, 15) is 4.79 Å². The number of rotatable bonds is 6. The summed E-state index contributed by atoms with van der Waals surface area (Å²) in [5.74, 6) is 0.454. The first kappa shape index (κ1) is 21.5. The number of aromatic nitrogens is 1. The molecule has 0 atom stereocenters. The van der Waals surface area contributed by atoms with Gasteiger partial charge >= 0.3 is 0 Å². The van der Waals surface area contributed by atoms with Crippen LogP contribution >= 0.6 is 11.3 Å². The highest BCUT2D eigenvalue weighted by atomic mass is 32.1. The van der Waals surface area contributed by atoms with Crippen LogP contribution in [0.5, 0.6) is 5.75 Å². The molecule has 9 heteroatoms. The Hall–Kier alpha value is -3.74. The molecule has 32 heavy (non-hydrogen) atoms. The van der Waals surface area contributed by atoms with Gasteiger partial charge in [-0.15, -0.1) is 11.3 Å². The fourth-order valence-electron chi connectivity index (χ4n) is 3.17. The minimum Gasteiger partial charge on any atom is -0.482 e. The lowest BCUT2D eigenvalue weighted by Crippen LogP contribution is -2.25. The highest BCUT2D eigenvalue weighted by Gasteiger charge is 2.18. The van der Waals surface area contributed by atoms with Crippen LogP contribution in [0.25, 0.3) is 11.3 Å². The van der Waals surface area contributed by atoms with E-state index in [1.54, 1.807) is 23.9 Å². The number of fused-ring (bicyclic) bond motifs is 1. The lowest BCUT2D eigenvalue weighted by atomic mass is 10.1. The zero-order valence-corrected chi connectivity index (χ0v) is 18.5. The van der Waals surface area contributed by atoms with Crippen LogP contribution in [-0.2, 0) is 9.53 Å². The molecule has 1 aliphatic rings. The SMILES string of the molecule is COCCN=c1scc(-c2ccc3c(c2)NC(=O)CO3)n1N=C(C)c1ccc(C#N)cc1. The van der Waals surface area contributed by atoms with Gasteiger partial charge < -0.3 is 14.8 Å². The van der Waals surface area contributed by atoms with Crippen molar-refractivity contribution >= 4 is 28.6 Å². The Morgan fingerprint density at radius 2 is 2.12 bits per heavy atom. The highest BCUT2D eigenvalue weighted by Crippen LogP contribution is 2.33. The Balaban J connectivity index is 1.78. The molecule has 8 nitrogen and oxygen atoms in total. The Labute approximate surface area is 189 Å². The van der Waals surface area contributed by atoms with Crippen LogP contribution in [0.3, 0.4) is 0 Å². The molecule has 0 unspecified atom stereocenters. The number of carbonyl (C=O) groups is 1. The topological polar surface area (TPSA) is 101 Å². The molecule has 0 saturated heterocycles. The molecule has 162 valence electrons. The molecule has 0 saturated carbocycles. The number of nitriles is 1. The van der Waals surface area contributed by atoms with Crippen LogP contribution in [0.2, 0.25) is 0 Å². The second kappa shape index (κ2) is 9.60. The first-order chi connectivity index (χ1) is 15.6. The molecule has 2 aromatic carbocycles. The van der Waals surface area contributed by atoms with Crippen molar-refractivity contribution in [2.24, 2.45) is 10.1 Å². The Morgan fingerprint density at radius 1 is 1.31 bits per heavy atom. The molecule has 0 radical (unpaired) electrons.